The summed E-state index contributed by atoms with van der Waals surface area (Å²) < 4.78 is 0. The molecule has 4 aromatic rings. The average molecular weight is 1460 g/mol. The van der Waals surface area contributed by atoms with Crippen molar-refractivity contribution in [3.63, 3.8) is 0 Å². The summed E-state index contributed by atoms with van der Waals surface area (Å²) in [4.78, 5) is 0. The Kier molecular flexibility index (Phi) is 53.4. The third-order valence-electron chi connectivity index (χ3n) is 17.3. The zero-order valence-electron chi connectivity index (χ0n) is 71.4. The summed E-state index contributed by atoms with van der Waals surface area (Å²) in [5.41, 5.74) is 5.57. The molecule has 4 aromatic carbocycles. The lowest BCUT2D eigenvalue weighted by Crippen LogP contribution is -2.26. The van der Waals surface area contributed by atoms with Crippen LogP contribution in [0.4, 0.5) is 0 Å². The summed E-state index contributed by atoms with van der Waals surface area (Å²) in [6.07, 6.45) is 12.2. The number of rotatable bonds is 18. The molecule has 0 spiro atoms. The summed E-state index contributed by atoms with van der Waals surface area (Å²) in [5, 5.41) is 6.95. The molecule has 0 fully saturated rings. The van der Waals surface area contributed by atoms with Gasteiger partial charge < -0.3 is 0 Å². The van der Waals surface area contributed by atoms with Crippen LogP contribution in [0.3, 0.4) is 0 Å². The molecular formula is C87H166P8. The van der Waals surface area contributed by atoms with E-state index in [-0.39, 0.29) is 44.8 Å². The first-order valence-corrected chi connectivity index (χ1v) is 50.8. The first-order chi connectivity index (χ1) is 43.1. The van der Waals surface area contributed by atoms with E-state index in [2.05, 4.69) is 405 Å². The third-order valence-corrected chi connectivity index (χ3v) is 44.8. The van der Waals surface area contributed by atoms with Gasteiger partial charge >= 0.3 is 0 Å². The Balaban J connectivity index is -0.000000510. The fourth-order valence-electron chi connectivity index (χ4n) is 11.7. The number of hydrogen-bond donors (Lipinski definition) is 0. The smallest absolute Gasteiger partial charge is 0.00654 e. The van der Waals surface area contributed by atoms with Crippen LogP contribution in [0.1, 0.15) is 281 Å². The van der Waals surface area contributed by atoms with Crippen LogP contribution in [0.2, 0.25) is 0 Å². The van der Waals surface area contributed by atoms with Crippen molar-refractivity contribution in [1.29, 1.82) is 0 Å². The zero-order chi connectivity index (χ0) is 75.3. The first-order valence-electron chi connectivity index (χ1n) is 37.3. The normalized spacial score (nSPS) is 13.2. The van der Waals surface area contributed by atoms with E-state index in [0.717, 1.165) is 28.8 Å². The van der Waals surface area contributed by atoms with Gasteiger partial charge in [-0.15, -0.1) is 31.7 Å². The minimum atomic E-state index is -0.292. The van der Waals surface area contributed by atoms with Crippen molar-refractivity contribution in [3.8, 4) is 0 Å². The molecule has 0 aliphatic rings. The van der Waals surface area contributed by atoms with Crippen molar-refractivity contribution in [2.75, 3.05) is 56.5 Å². The van der Waals surface area contributed by atoms with Crippen molar-refractivity contribution in [3.05, 3.63) is 132 Å². The maximum atomic E-state index is 2.45. The molecule has 0 radical (unpaired) electrons. The molecule has 4 rings (SSSR count). The predicted molar refractivity (Wildman–Crippen MR) is 475 cm³/mol. The zero-order valence-corrected chi connectivity index (χ0v) is 78.5. The van der Waals surface area contributed by atoms with E-state index in [4.69, 9.17) is 0 Å². The highest BCUT2D eigenvalue weighted by Crippen LogP contribution is 2.58. The topological polar surface area (TPSA) is 0 Å². The van der Waals surface area contributed by atoms with Gasteiger partial charge in [0, 0.05) is 0 Å². The Morgan fingerprint density at radius 3 is 0.674 bits per heavy atom. The Bertz CT molecular complexity index is 2220. The minimum absolute atomic E-state index is 0.0543. The van der Waals surface area contributed by atoms with Crippen LogP contribution in [0, 0.1) is 11.8 Å². The highest BCUT2D eigenvalue weighted by Gasteiger charge is 2.32. The van der Waals surface area contributed by atoms with Crippen LogP contribution in [0.15, 0.2) is 121 Å². The van der Waals surface area contributed by atoms with Gasteiger partial charge in [0.2, 0.25) is 0 Å². The quantitative estimate of drug-likeness (QED) is 0.0871. The van der Waals surface area contributed by atoms with E-state index in [9.17, 15) is 0 Å². The van der Waals surface area contributed by atoms with Gasteiger partial charge in [-0.1, -0.05) is 415 Å². The number of hydrogen-bond acceptors (Lipinski definition) is 0. The lowest BCUT2D eigenvalue weighted by atomic mass is 10.1. The standard InChI is InChI=1S/C18H23P.C16H19P.C13H29P.C10H23P.3C8H19P.C6H15P/c1-18(2,3)19(14-16-10-6-4-7-11-16)15-17-12-8-5-9-13-17;1-16(2,3)17(14-10-6-4-7-11-14)15-12-8-5-9-13-15;1-10(2)9-14(13(6,7)8)12(5)11(3)4;1-8(2)11(9(3)4)10(5,6)7;3*1-6-9(7-2)8(3,4)5;1-6(2,3)7(4)5/h4-13H,14-15H2,1-3H3;4-13H,1-3H3;10-12H,9H2,1-8H3;8-9H,1-7H3;3*6-7H2,1-5H3;1-5H3. The van der Waals surface area contributed by atoms with Crippen LogP contribution in [-0.2, 0) is 12.3 Å². The molecule has 8 heteroatoms. The van der Waals surface area contributed by atoms with Crippen molar-refractivity contribution >= 4 is 74.0 Å². The maximum Gasteiger partial charge on any atom is -0.00654 e. The predicted octanol–water partition coefficient (Wildman–Crippen LogP) is 31.1. The average Bonchev–Trinajstić information content (AvgIpc) is 0.840. The second-order valence-electron chi connectivity index (χ2n) is 35.2. The fourth-order valence-corrected chi connectivity index (χ4v) is 31.8. The molecule has 0 aromatic heterocycles. The van der Waals surface area contributed by atoms with Crippen molar-refractivity contribution < 1.29 is 0 Å². The number of benzene rings is 4. The van der Waals surface area contributed by atoms with E-state index in [1.165, 1.54) is 77.2 Å². The summed E-state index contributed by atoms with van der Waals surface area (Å²) in [5.74, 6) is 1.68. The van der Waals surface area contributed by atoms with Gasteiger partial charge in [-0.2, -0.15) is 0 Å². The fraction of sp³-hybridized carbons (Fsp3) is 0.724. The van der Waals surface area contributed by atoms with E-state index in [1.54, 1.807) is 0 Å². The van der Waals surface area contributed by atoms with Crippen molar-refractivity contribution in [2.45, 2.75) is 341 Å². The molecule has 0 aliphatic carbocycles. The molecule has 2 atom stereocenters. The lowest BCUT2D eigenvalue weighted by molar-refractivity contribution is 0.607. The molecule has 0 bridgehead atoms. The SMILES string of the molecule is CC(C)(C)P(Cc1ccccc1)Cc1ccccc1.CC(C)(C)P(c1ccccc1)c1ccccc1.CC(C)CP(C(C)C(C)C)C(C)(C)C.CC(C)P(C(C)C)C(C)(C)C.CCP(CC)C(C)(C)C.CCP(CC)C(C)(C)C.CCP(CC)C(C)(C)C.CP(C)C(C)(C)C. The van der Waals surface area contributed by atoms with E-state index in [1.807, 2.05) is 0 Å². The van der Waals surface area contributed by atoms with Gasteiger partial charge in [-0.3, -0.25) is 0 Å². The van der Waals surface area contributed by atoms with Gasteiger partial charge in [0.1, 0.15) is 0 Å². The highest BCUT2D eigenvalue weighted by atomic mass is 31.1. The Morgan fingerprint density at radius 1 is 0.295 bits per heavy atom. The lowest BCUT2D eigenvalue weighted by Gasteiger charge is -2.39. The van der Waals surface area contributed by atoms with Gasteiger partial charge in [0.15, 0.2) is 0 Å². The monoisotopic (exact) mass is 1460 g/mol. The molecule has 0 amide bonds. The van der Waals surface area contributed by atoms with Crippen LogP contribution in [0.5, 0.6) is 0 Å². The van der Waals surface area contributed by atoms with Gasteiger partial charge in [-0.25, -0.2) is 0 Å². The summed E-state index contributed by atoms with van der Waals surface area (Å²) in [6, 6.07) is 43.6. The molecule has 2 unspecified atom stereocenters. The molecular weight excluding hydrogens is 1290 g/mol. The van der Waals surface area contributed by atoms with Crippen LogP contribution < -0.4 is 10.6 Å². The van der Waals surface area contributed by atoms with E-state index in [0.29, 0.717) is 59.9 Å². The molecule has 0 saturated carbocycles. The highest BCUT2D eigenvalue weighted by molar-refractivity contribution is 7.74. The summed E-state index contributed by atoms with van der Waals surface area (Å²) in [7, 11) is 1.16. The van der Waals surface area contributed by atoms with Crippen molar-refractivity contribution in [2.24, 2.45) is 11.8 Å². The van der Waals surface area contributed by atoms with E-state index >= 15 is 0 Å². The Hall–Kier alpha value is 0.320. The van der Waals surface area contributed by atoms with Gasteiger partial charge in [0.25, 0.3) is 0 Å². The first kappa shape index (κ1) is 102. The molecule has 0 nitrogen and oxygen atoms in total. The minimum Gasteiger partial charge on any atom is -0.108 e. The summed E-state index contributed by atoms with van der Waals surface area (Å²) >= 11 is 0. The Morgan fingerprint density at radius 2 is 0.537 bits per heavy atom. The second kappa shape index (κ2) is 49.9. The summed E-state index contributed by atoms with van der Waals surface area (Å²) in [6.45, 7) is 96.3. The molecule has 0 aliphatic heterocycles. The Labute approximate surface area is 611 Å². The largest absolute Gasteiger partial charge is 0.108 e. The maximum absolute atomic E-state index is 2.45. The second-order valence-corrected chi connectivity index (χ2v) is 63.2. The van der Waals surface area contributed by atoms with Gasteiger partial charge in [-0.05, 0) is 169 Å². The molecule has 95 heavy (non-hydrogen) atoms. The van der Waals surface area contributed by atoms with Crippen molar-refractivity contribution in [1.82, 2.24) is 0 Å². The van der Waals surface area contributed by atoms with Gasteiger partial charge in [0.05, 0.1) is 0 Å². The van der Waals surface area contributed by atoms with E-state index < -0.39 is 0 Å². The molecule has 0 heterocycles. The molecule has 0 saturated heterocycles. The molecule has 0 N–H and O–H groups in total. The molecule has 554 valence electrons. The van der Waals surface area contributed by atoms with Crippen LogP contribution in [0.25, 0.3) is 0 Å². The van der Waals surface area contributed by atoms with Crippen LogP contribution in [-0.4, -0.2) is 115 Å². The third kappa shape index (κ3) is 48.8. The van der Waals surface area contributed by atoms with Crippen LogP contribution >= 0.6 is 63.4 Å².